The van der Waals surface area contributed by atoms with Gasteiger partial charge in [0.2, 0.25) is 0 Å². The Hall–Kier alpha value is -1.97. The topological polar surface area (TPSA) is 50.7 Å². The first-order valence-corrected chi connectivity index (χ1v) is 6.79. The summed E-state index contributed by atoms with van der Waals surface area (Å²) in [6.07, 6.45) is 3.74. The van der Waals surface area contributed by atoms with E-state index in [0.29, 0.717) is 5.82 Å². The number of anilines is 1. The summed E-state index contributed by atoms with van der Waals surface area (Å²) in [7, 11) is 0. The fourth-order valence-corrected chi connectivity index (χ4v) is 1.93. The molecule has 0 amide bonds. The van der Waals surface area contributed by atoms with Gasteiger partial charge in [-0.3, -0.25) is 4.98 Å². The molecule has 0 atom stereocenters. The lowest BCUT2D eigenvalue weighted by atomic mass is 10.2. The molecule has 4 nitrogen and oxygen atoms in total. The Morgan fingerprint density at radius 2 is 2.00 bits per heavy atom. The van der Waals surface area contributed by atoms with Crippen LogP contribution in [0.4, 0.5) is 5.82 Å². The standard InChI is InChI=1S/C15H20N4/c1-4-9-17-14-11(3)12(5-2)18-15(19-14)13-8-6-7-10-16-13/h6-8,10H,4-5,9H2,1-3H3,(H,17,18,19). The first-order chi connectivity index (χ1) is 9.26. The molecule has 2 heterocycles. The summed E-state index contributed by atoms with van der Waals surface area (Å²) in [6.45, 7) is 7.24. The van der Waals surface area contributed by atoms with Gasteiger partial charge in [0.25, 0.3) is 0 Å². The number of hydrogen-bond donors (Lipinski definition) is 1. The van der Waals surface area contributed by atoms with E-state index < -0.39 is 0 Å². The zero-order valence-electron chi connectivity index (χ0n) is 11.8. The predicted molar refractivity (Wildman–Crippen MR) is 78.2 cm³/mol. The zero-order chi connectivity index (χ0) is 13.7. The van der Waals surface area contributed by atoms with Crippen molar-refractivity contribution in [1.82, 2.24) is 15.0 Å². The lowest BCUT2D eigenvalue weighted by Gasteiger charge is -2.12. The normalized spacial score (nSPS) is 10.5. The molecular formula is C15H20N4. The highest BCUT2D eigenvalue weighted by Gasteiger charge is 2.11. The minimum atomic E-state index is 0.696. The van der Waals surface area contributed by atoms with Crippen LogP contribution in [0, 0.1) is 6.92 Å². The maximum absolute atomic E-state index is 4.62. The van der Waals surface area contributed by atoms with E-state index in [1.165, 1.54) is 0 Å². The summed E-state index contributed by atoms with van der Waals surface area (Å²) >= 11 is 0. The molecule has 0 fully saturated rings. The summed E-state index contributed by atoms with van der Waals surface area (Å²) in [4.78, 5) is 13.5. The molecule has 0 aliphatic carbocycles. The Morgan fingerprint density at radius 3 is 2.63 bits per heavy atom. The van der Waals surface area contributed by atoms with Crippen LogP contribution in [0.1, 0.15) is 31.5 Å². The van der Waals surface area contributed by atoms with E-state index in [0.717, 1.165) is 42.2 Å². The molecule has 0 unspecified atom stereocenters. The third-order valence-electron chi connectivity index (χ3n) is 3.02. The first kappa shape index (κ1) is 13.5. The summed E-state index contributed by atoms with van der Waals surface area (Å²) < 4.78 is 0. The molecule has 19 heavy (non-hydrogen) atoms. The van der Waals surface area contributed by atoms with Gasteiger partial charge < -0.3 is 5.32 Å². The van der Waals surface area contributed by atoms with Gasteiger partial charge in [0, 0.05) is 24.0 Å². The van der Waals surface area contributed by atoms with Crippen molar-refractivity contribution >= 4 is 5.82 Å². The molecule has 0 radical (unpaired) electrons. The van der Waals surface area contributed by atoms with Gasteiger partial charge in [-0.2, -0.15) is 0 Å². The third kappa shape index (κ3) is 3.08. The minimum absolute atomic E-state index is 0.696. The van der Waals surface area contributed by atoms with Crippen molar-refractivity contribution in [3.05, 3.63) is 35.7 Å². The van der Waals surface area contributed by atoms with Crippen LogP contribution in [0.2, 0.25) is 0 Å². The minimum Gasteiger partial charge on any atom is -0.370 e. The van der Waals surface area contributed by atoms with E-state index in [-0.39, 0.29) is 0 Å². The van der Waals surface area contributed by atoms with Crippen molar-refractivity contribution in [3.63, 3.8) is 0 Å². The fraction of sp³-hybridized carbons (Fsp3) is 0.400. The van der Waals surface area contributed by atoms with Gasteiger partial charge in [-0.15, -0.1) is 0 Å². The number of aryl methyl sites for hydroxylation is 1. The maximum Gasteiger partial charge on any atom is 0.180 e. The molecule has 0 aliphatic rings. The molecule has 2 aromatic heterocycles. The van der Waals surface area contributed by atoms with Crippen molar-refractivity contribution in [1.29, 1.82) is 0 Å². The molecule has 0 saturated carbocycles. The van der Waals surface area contributed by atoms with Crippen LogP contribution < -0.4 is 5.32 Å². The van der Waals surface area contributed by atoms with Gasteiger partial charge >= 0.3 is 0 Å². The van der Waals surface area contributed by atoms with Crippen molar-refractivity contribution in [2.45, 2.75) is 33.6 Å². The lowest BCUT2D eigenvalue weighted by Crippen LogP contribution is -2.09. The second-order valence-electron chi connectivity index (χ2n) is 4.46. The number of nitrogens with one attached hydrogen (secondary N) is 1. The van der Waals surface area contributed by atoms with E-state index in [1.54, 1.807) is 6.20 Å². The zero-order valence-corrected chi connectivity index (χ0v) is 11.8. The molecule has 0 bridgehead atoms. The van der Waals surface area contributed by atoms with Gasteiger partial charge in [-0.1, -0.05) is 19.9 Å². The highest BCUT2D eigenvalue weighted by molar-refractivity contribution is 5.56. The van der Waals surface area contributed by atoms with Gasteiger partial charge in [-0.25, -0.2) is 9.97 Å². The Kier molecular flexibility index (Phi) is 4.44. The Balaban J connectivity index is 2.45. The number of rotatable bonds is 5. The van der Waals surface area contributed by atoms with Crippen LogP contribution >= 0.6 is 0 Å². The van der Waals surface area contributed by atoms with E-state index >= 15 is 0 Å². The van der Waals surface area contributed by atoms with Crippen LogP contribution in [0.3, 0.4) is 0 Å². The van der Waals surface area contributed by atoms with Gasteiger partial charge in [0.05, 0.1) is 0 Å². The largest absolute Gasteiger partial charge is 0.370 e. The van der Waals surface area contributed by atoms with Gasteiger partial charge in [-0.05, 0) is 31.9 Å². The number of nitrogens with zero attached hydrogens (tertiary/aromatic N) is 3. The molecule has 0 aromatic carbocycles. The second-order valence-corrected chi connectivity index (χ2v) is 4.46. The highest BCUT2D eigenvalue weighted by atomic mass is 15.0. The quantitative estimate of drug-likeness (QED) is 0.892. The molecule has 0 aliphatic heterocycles. The summed E-state index contributed by atoms with van der Waals surface area (Å²) in [5.41, 5.74) is 3.03. The molecule has 1 N–H and O–H groups in total. The van der Waals surface area contributed by atoms with E-state index in [9.17, 15) is 0 Å². The van der Waals surface area contributed by atoms with Crippen molar-refractivity contribution in [2.24, 2.45) is 0 Å². The molecule has 2 aromatic rings. The van der Waals surface area contributed by atoms with Crippen molar-refractivity contribution in [2.75, 3.05) is 11.9 Å². The van der Waals surface area contributed by atoms with E-state index in [2.05, 4.69) is 41.0 Å². The van der Waals surface area contributed by atoms with Crippen molar-refractivity contribution in [3.8, 4) is 11.5 Å². The number of pyridine rings is 1. The second kappa shape index (κ2) is 6.27. The summed E-state index contributed by atoms with van der Waals surface area (Å²) in [5, 5.41) is 3.37. The van der Waals surface area contributed by atoms with E-state index in [4.69, 9.17) is 0 Å². The van der Waals surface area contributed by atoms with E-state index in [1.807, 2.05) is 18.2 Å². The molecule has 100 valence electrons. The number of hydrogen-bond acceptors (Lipinski definition) is 4. The van der Waals surface area contributed by atoms with Gasteiger partial charge in [0.1, 0.15) is 11.5 Å². The fourth-order valence-electron chi connectivity index (χ4n) is 1.93. The number of aromatic nitrogens is 3. The summed E-state index contributed by atoms with van der Waals surface area (Å²) in [5.74, 6) is 1.62. The van der Waals surface area contributed by atoms with Crippen LogP contribution in [-0.4, -0.2) is 21.5 Å². The first-order valence-electron chi connectivity index (χ1n) is 6.79. The smallest absolute Gasteiger partial charge is 0.180 e. The SMILES string of the molecule is CCCNc1nc(-c2ccccn2)nc(CC)c1C. The predicted octanol–water partition coefficient (Wildman–Crippen LogP) is 3.23. The highest BCUT2D eigenvalue weighted by Crippen LogP contribution is 2.21. The van der Waals surface area contributed by atoms with Gasteiger partial charge in [0.15, 0.2) is 5.82 Å². The molecule has 4 heteroatoms. The van der Waals surface area contributed by atoms with Crippen LogP contribution in [0.15, 0.2) is 24.4 Å². The molecule has 0 spiro atoms. The average molecular weight is 256 g/mol. The maximum atomic E-state index is 4.62. The lowest BCUT2D eigenvalue weighted by molar-refractivity contribution is 0.933. The Morgan fingerprint density at radius 1 is 1.16 bits per heavy atom. The molecular weight excluding hydrogens is 236 g/mol. The summed E-state index contributed by atoms with van der Waals surface area (Å²) in [6, 6.07) is 5.79. The Bertz CT molecular complexity index is 537. The molecule has 2 rings (SSSR count). The average Bonchev–Trinajstić information content (AvgIpc) is 2.47. The van der Waals surface area contributed by atoms with Crippen LogP contribution in [-0.2, 0) is 6.42 Å². The molecule has 0 saturated heterocycles. The third-order valence-corrected chi connectivity index (χ3v) is 3.02. The van der Waals surface area contributed by atoms with Crippen molar-refractivity contribution < 1.29 is 0 Å². The Labute approximate surface area is 114 Å². The van der Waals surface area contributed by atoms with Crippen LogP contribution in [0.5, 0.6) is 0 Å². The van der Waals surface area contributed by atoms with Crippen LogP contribution in [0.25, 0.3) is 11.5 Å². The monoisotopic (exact) mass is 256 g/mol.